The van der Waals surface area contributed by atoms with E-state index in [2.05, 4.69) is 21.0 Å². The van der Waals surface area contributed by atoms with Crippen molar-refractivity contribution in [1.82, 2.24) is 19.9 Å². The standard InChI is InChI=1S/C24H24N4O3S/c29-23(8-7-16-12-25-20-6-2-1-5-18(16)20)28(13-17-4-3-11-32-17)14-22-26-21-9-10-31-15-19(21)24(30)27-22/h1-6,11-12,25H,7-10,13-15H2,(H,26,27,30). The van der Waals surface area contributed by atoms with Gasteiger partial charge in [-0.25, -0.2) is 4.98 Å². The van der Waals surface area contributed by atoms with Crippen LogP contribution in [0, 0.1) is 0 Å². The number of hydrogen-bond acceptors (Lipinski definition) is 5. The van der Waals surface area contributed by atoms with E-state index in [4.69, 9.17) is 4.74 Å². The van der Waals surface area contributed by atoms with Crippen LogP contribution in [0.25, 0.3) is 10.9 Å². The minimum Gasteiger partial charge on any atom is -0.376 e. The molecule has 1 aliphatic heterocycles. The summed E-state index contributed by atoms with van der Waals surface area (Å²) in [7, 11) is 0. The van der Waals surface area contributed by atoms with E-state index in [-0.39, 0.29) is 18.0 Å². The van der Waals surface area contributed by atoms with Gasteiger partial charge in [0.25, 0.3) is 5.56 Å². The van der Waals surface area contributed by atoms with Crippen molar-refractivity contribution in [2.75, 3.05) is 6.61 Å². The summed E-state index contributed by atoms with van der Waals surface area (Å²) >= 11 is 1.62. The van der Waals surface area contributed by atoms with E-state index in [0.29, 0.717) is 50.4 Å². The molecule has 2 N–H and O–H groups in total. The molecular formula is C24H24N4O3S. The molecule has 4 aromatic rings. The fourth-order valence-electron chi connectivity index (χ4n) is 4.11. The van der Waals surface area contributed by atoms with Crippen LogP contribution in [0.15, 0.2) is 52.8 Å². The van der Waals surface area contributed by atoms with Gasteiger partial charge in [-0.3, -0.25) is 9.59 Å². The maximum absolute atomic E-state index is 13.3. The molecule has 0 saturated carbocycles. The number of aryl methyl sites for hydroxylation is 1. The van der Waals surface area contributed by atoms with Crippen LogP contribution >= 0.6 is 11.3 Å². The average Bonchev–Trinajstić information content (AvgIpc) is 3.47. The number of H-pyrrole nitrogens is 2. The van der Waals surface area contributed by atoms with Crippen molar-refractivity contribution in [1.29, 1.82) is 0 Å². The first-order chi connectivity index (χ1) is 15.7. The van der Waals surface area contributed by atoms with Crippen LogP contribution < -0.4 is 5.56 Å². The number of fused-ring (bicyclic) bond motifs is 2. The third-order valence-electron chi connectivity index (χ3n) is 5.78. The number of benzene rings is 1. The van der Waals surface area contributed by atoms with E-state index in [1.807, 2.05) is 41.9 Å². The Labute approximate surface area is 189 Å². The molecule has 32 heavy (non-hydrogen) atoms. The van der Waals surface area contributed by atoms with Crippen LogP contribution in [-0.4, -0.2) is 32.4 Å². The zero-order valence-corrected chi connectivity index (χ0v) is 18.4. The van der Waals surface area contributed by atoms with Gasteiger partial charge in [0.15, 0.2) is 0 Å². The first kappa shape index (κ1) is 20.7. The van der Waals surface area contributed by atoms with Gasteiger partial charge in [-0.15, -0.1) is 11.3 Å². The monoisotopic (exact) mass is 448 g/mol. The van der Waals surface area contributed by atoms with Gasteiger partial charge in [0.05, 0.1) is 37.6 Å². The fraction of sp³-hybridized carbons (Fsp3) is 0.292. The molecule has 3 aromatic heterocycles. The molecule has 0 fully saturated rings. The van der Waals surface area contributed by atoms with Gasteiger partial charge >= 0.3 is 0 Å². The maximum Gasteiger partial charge on any atom is 0.256 e. The number of thiophene rings is 1. The van der Waals surface area contributed by atoms with Crippen LogP contribution in [0.4, 0.5) is 0 Å². The Morgan fingerprint density at radius 2 is 2.09 bits per heavy atom. The first-order valence-electron chi connectivity index (χ1n) is 10.7. The van der Waals surface area contributed by atoms with Crippen molar-refractivity contribution in [3.05, 3.63) is 85.9 Å². The molecule has 8 heteroatoms. The smallest absolute Gasteiger partial charge is 0.256 e. The predicted octanol–water partition coefficient (Wildman–Crippen LogP) is 3.55. The van der Waals surface area contributed by atoms with E-state index < -0.39 is 0 Å². The number of nitrogens with one attached hydrogen (secondary N) is 2. The molecule has 0 saturated heterocycles. The summed E-state index contributed by atoms with van der Waals surface area (Å²) in [6, 6.07) is 12.1. The SMILES string of the molecule is O=C(CCc1c[nH]c2ccccc12)N(Cc1nc2c(c(=O)[nH]1)COCC2)Cc1cccs1. The molecule has 7 nitrogen and oxygen atoms in total. The fourth-order valence-corrected chi connectivity index (χ4v) is 4.83. The molecule has 0 spiro atoms. The van der Waals surface area contributed by atoms with Gasteiger partial charge in [-0.1, -0.05) is 24.3 Å². The number of aromatic amines is 2. The van der Waals surface area contributed by atoms with E-state index in [9.17, 15) is 9.59 Å². The third kappa shape index (κ3) is 4.37. The predicted molar refractivity (Wildman–Crippen MR) is 123 cm³/mol. The number of nitrogens with zero attached hydrogens (tertiary/aromatic N) is 2. The van der Waals surface area contributed by atoms with Crippen LogP contribution in [0.2, 0.25) is 0 Å². The van der Waals surface area contributed by atoms with Gasteiger partial charge in [0.2, 0.25) is 5.91 Å². The molecule has 0 bridgehead atoms. The lowest BCUT2D eigenvalue weighted by Crippen LogP contribution is -2.33. The zero-order chi connectivity index (χ0) is 21.9. The van der Waals surface area contributed by atoms with Crippen LogP contribution in [0.3, 0.4) is 0 Å². The summed E-state index contributed by atoms with van der Waals surface area (Å²) in [6.45, 7) is 1.62. The highest BCUT2D eigenvalue weighted by Crippen LogP contribution is 2.21. The van der Waals surface area contributed by atoms with Crippen molar-refractivity contribution in [2.45, 2.75) is 39.0 Å². The number of aromatic nitrogens is 3. The maximum atomic E-state index is 13.3. The molecule has 5 rings (SSSR count). The summed E-state index contributed by atoms with van der Waals surface area (Å²) in [5.41, 5.74) is 3.40. The van der Waals surface area contributed by atoms with Crippen molar-refractivity contribution < 1.29 is 9.53 Å². The normalized spacial score (nSPS) is 13.2. The molecule has 4 heterocycles. The van der Waals surface area contributed by atoms with Gasteiger partial charge in [-0.05, 0) is 29.5 Å². The number of carbonyl (C=O) groups is 1. The second-order valence-corrected chi connectivity index (χ2v) is 8.96. The quantitative estimate of drug-likeness (QED) is 0.452. The van der Waals surface area contributed by atoms with Crippen molar-refractivity contribution >= 4 is 28.1 Å². The van der Waals surface area contributed by atoms with Gasteiger partial charge < -0.3 is 19.6 Å². The number of hydrogen-bond donors (Lipinski definition) is 2. The molecular weight excluding hydrogens is 424 g/mol. The topological polar surface area (TPSA) is 91.1 Å². The number of amides is 1. The minimum atomic E-state index is -0.174. The highest BCUT2D eigenvalue weighted by Gasteiger charge is 2.20. The van der Waals surface area contributed by atoms with E-state index >= 15 is 0 Å². The Balaban J connectivity index is 1.35. The molecule has 1 aromatic carbocycles. The molecule has 1 aliphatic rings. The average molecular weight is 449 g/mol. The summed E-state index contributed by atoms with van der Waals surface area (Å²) in [5.74, 6) is 0.556. The van der Waals surface area contributed by atoms with Gasteiger partial charge in [0.1, 0.15) is 5.82 Å². The summed E-state index contributed by atoms with van der Waals surface area (Å²) in [4.78, 5) is 39.4. The van der Waals surface area contributed by atoms with Gasteiger partial charge in [-0.2, -0.15) is 0 Å². The second-order valence-electron chi connectivity index (χ2n) is 7.93. The number of ether oxygens (including phenoxy) is 1. The Morgan fingerprint density at radius 1 is 1.19 bits per heavy atom. The lowest BCUT2D eigenvalue weighted by Gasteiger charge is -2.23. The summed E-state index contributed by atoms with van der Waals surface area (Å²) in [6.07, 6.45) is 3.63. The van der Waals surface area contributed by atoms with E-state index in [1.165, 1.54) is 0 Å². The van der Waals surface area contributed by atoms with E-state index in [1.54, 1.807) is 16.2 Å². The molecule has 164 valence electrons. The molecule has 0 aliphatic carbocycles. The van der Waals surface area contributed by atoms with Gasteiger partial charge in [0, 0.05) is 34.8 Å². The summed E-state index contributed by atoms with van der Waals surface area (Å²) < 4.78 is 5.38. The highest BCUT2D eigenvalue weighted by molar-refractivity contribution is 7.09. The Kier molecular flexibility index (Phi) is 5.87. The second kappa shape index (κ2) is 9.10. The van der Waals surface area contributed by atoms with E-state index in [0.717, 1.165) is 27.0 Å². The van der Waals surface area contributed by atoms with Crippen LogP contribution in [0.5, 0.6) is 0 Å². The zero-order valence-electron chi connectivity index (χ0n) is 17.6. The molecule has 0 atom stereocenters. The molecule has 0 radical (unpaired) electrons. The van der Waals surface area contributed by atoms with Crippen molar-refractivity contribution in [3.8, 4) is 0 Å². The Morgan fingerprint density at radius 3 is 2.97 bits per heavy atom. The van der Waals surface area contributed by atoms with Crippen molar-refractivity contribution in [3.63, 3.8) is 0 Å². The number of para-hydroxylation sites is 1. The molecule has 1 amide bonds. The van der Waals surface area contributed by atoms with Crippen molar-refractivity contribution in [2.24, 2.45) is 0 Å². The summed E-state index contributed by atoms with van der Waals surface area (Å²) in [5, 5.41) is 3.15. The first-order valence-corrected chi connectivity index (χ1v) is 11.6. The third-order valence-corrected chi connectivity index (χ3v) is 6.64. The lowest BCUT2D eigenvalue weighted by molar-refractivity contribution is -0.132. The highest BCUT2D eigenvalue weighted by atomic mass is 32.1. The lowest BCUT2D eigenvalue weighted by atomic mass is 10.1. The Bertz CT molecular complexity index is 1290. The number of rotatable bonds is 7. The molecule has 0 unspecified atom stereocenters. The minimum absolute atomic E-state index is 0.0346. The largest absolute Gasteiger partial charge is 0.376 e. The Hall–Kier alpha value is -3.23. The van der Waals surface area contributed by atoms with Crippen LogP contribution in [-0.2, 0) is 42.1 Å². The van der Waals surface area contributed by atoms with Crippen LogP contribution in [0.1, 0.15) is 33.9 Å². The number of carbonyl (C=O) groups excluding carboxylic acids is 1.